The molecule has 6 aromatic rings. The van der Waals surface area contributed by atoms with Gasteiger partial charge in [-0.15, -0.1) is 0 Å². The maximum atomic E-state index is 2.40. The molecule has 0 heterocycles. The lowest BCUT2D eigenvalue weighted by Gasteiger charge is -2.32. The Morgan fingerprint density at radius 3 is 1.26 bits per heavy atom. The van der Waals surface area contributed by atoms with Crippen LogP contribution in [0, 0.1) is 40.5 Å². The number of allylic oxidation sites excluding steroid dienone is 5. The molecule has 1 aliphatic rings. The van der Waals surface area contributed by atoms with Gasteiger partial charge in [-0.1, -0.05) is 138 Å². The van der Waals surface area contributed by atoms with Gasteiger partial charge in [-0.05, 0) is 142 Å². The van der Waals surface area contributed by atoms with E-state index in [1.165, 1.54) is 67.2 Å². The summed E-state index contributed by atoms with van der Waals surface area (Å²) in [5, 5.41) is 0. The molecule has 1 unspecified atom stereocenters. The van der Waals surface area contributed by atoms with Crippen LogP contribution in [0.3, 0.4) is 0 Å². The molecule has 0 bridgehead atoms. The molecule has 0 aliphatic heterocycles. The first-order valence-corrected chi connectivity index (χ1v) is 19.0. The molecule has 0 saturated carbocycles. The van der Waals surface area contributed by atoms with Gasteiger partial charge in [0, 0.05) is 34.1 Å². The molecule has 2 nitrogen and oxygen atoms in total. The zero-order chi connectivity index (χ0) is 37.6. The van der Waals surface area contributed by atoms with Crippen LogP contribution in [0.2, 0.25) is 0 Å². The van der Waals surface area contributed by atoms with Gasteiger partial charge >= 0.3 is 0 Å². The van der Waals surface area contributed by atoms with Gasteiger partial charge in [0.15, 0.2) is 0 Å². The summed E-state index contributed by atoms with van der Waals surface area (Å²) in [6, 6.07) is 50.7. The number of hydrogen-bond donors (Lipinski definition) is 0. The Bertz CT molecular complexity index is 2230. The third kappa shape index (κ3) is 8.56. The molecule has 0 saturated heterocycles. The van der Waals surface area contributed by atoms with Gasteiger partial charge in [-0.25, -0.2) is 0 Å². The van der Waals surface area contributed by atoms with Crippen LogP contribution in [-0.2, 0) is 0 Å². The fraction of sp³-hybridized carbons (Fsp3) is 0.154. The quantitative estimate of drug-likeness (QED) is 0.131. The molecule has 6 aromatic carbocycles. The van der Waals surface area contributed by atoms with Gasteiger partial charge in [0.1, 0.15) is 0 Å². The number of aryl methyl sites for hydroxylation is 5. The Balaban J connectivity index is 1.05. The average Bonchev–Trinajstić information content (AvgIpc) is 3.18. The fourth-order valence-corrected chi connectivity index (χ4v) is 7.03. The van der Waals surface area contributed by atoms with E-state index >= 15 is 0 Å². The first kappa shape index (κ1) is 36.2. The summed E-state index contributed by atoms with van der Waals surface area (Å²) in [5.74, 6) is 0.400. The van der Waals surface area contributed by atoms with Crippen molar-refractivity contribution in [2.75, 3.05) is 9.80 Å². The predicted octanol–water partition coefficient (Wildman–Crippen LogP) is 14.6. The fourth-order valence-electron chi connectivity index (χ4n) is 7.03. The third-order valence-electron chi connectivity index (χ3n) is 10.4. The van der Waals surface area contributed by atoms with Gasteiger partial charge in [0.25, 0.3) is 0 Å². The minimum absolute atomic E-state index is 0.400. The molecule has 0 fully saturated rings. The minimum atomic E-state index is 0.400. The normalized spacial score (nSPS) is 14.3. The van der Waals surface area contributed by atoms with Crippen molar-refractivity contribution < 1.29 is 0 Å². The van der Waals surface area contributed by atoms with E-state index in [-0.39, 0.29) is 0 Å². The van der Waals surface area contributed by atoms with Crippen molar-refractivity contribution in [2.45, 2.75) is 48.0 Å². The highest BCUT2D eigenvalue weighted by atomic mass is 15.2. The predicted molar refractivity (Wildman–Crippen MR) is 234 cm³/mol. The summed E-state index contributed by atoms with van der Waals surface area (Å²) in [7, 11) is 0. The molecule has 7 rings (SSSR count). The van der Waals surface area contributed by atoms with Crippen LogP contribution in [0.25, 0.3) is 18.2 Å². The maximum Gasteiger partial charge on any atom is 0.0464 e. The topological polar surface area (TPSA) is 6.48 Å². The second kappa shape index (κ2) is 16.3. The molecule has 54 heavy (non-hydrogen) atoms. The van der Waals surface area contributed by atoms with E-state index in [0.717, 1.165) is 23.5 Å². The molecular weight excluding hydrogens is 653 g/mol. The first-order valence-electron chi connectivity index (χ1n) is 19.0. The smallest absolute Gasteiger partial charge is 0.0464 e. The Hall–Kier alpha value is -6.12. The summed E-state index contributed by atoms with van der Waals surface area (Å²) in [6.07, 6.45) is 14.5. The van der Waals surface area contributed by atoms with Crippen LogP contribution in [0.15, 0.2) is 169 Å². The van der Waals surface area contributed by atoms with Gasteiger partial charge < -0.3 is 9.80 Å². The molecule has 0 radical (unpaired) electrons. The highest BCUT2D eigenvalue weighted by molar-refractivity contribution is 5.79. The van der Waals surface area contributed by atoms with Crippen LogP contribution in [0.5, 0.6) is 0 Å². The second-order valence-corrected chi connectivity index (χ2v) is 14.8. The zero-order valence-corrected chi connectivity index (χ0v) is 32.4. The van der Waals surface area contributed by atoms with E-state index in [2.05, 4.69) is 227 Å². The number of hydrogen-bond acceptors (Lipinski definition) is 2. The Labute approximate surface area is 322 Å². The Morgan fingerprint density at radius 1 is 0.426 bits per heavy atom. The summed E-state index contributed by atoms with van der Waals surface area (Å²) in [6.45, 7) is 13.1. The Kier molecular flexibility index (Phi) is 10.9. The van der Waals surface area contributed by atoms with Crippen molar-refractivity contribution in [1.29, 1.82) is 0 Å². The van der Waals surface area contributed by atoms with Crippen LogP contribution in [0.4, 0.5) is 28.4 Å². The number of anilines is 5. The minimum Gasteiger partial charge on any atom is -0.314 e. The summed E-state index contributed by atoms with van der Waals surface area (Å²) in [4.78, 5) is 4.73. The monoisotopic (exact) mass is 702 g/mol. The first-order chi connectivity index (χ1) is 26.2. The summed E-state index contributed by atoms with van der Waals surface area (Å²) < 4.78 is 0. The van der Waals surface area contributed by atoms with E-state index in [1.807, 2.05) is 0 Å². The van der Waals surface area contributed by atoms with Crippen LogP contribution in [-0.4, -0.2) is 0 Å². The number of benzene rings is 6. The van der Waals surface area contributed by atoms with Gasteiger partial charge in [-0.3, -0.25) is 0 Å². The third-order valence-corrected chi connectivity index (χ3v) is 10.4. The van der Waals surface area contributed by atoms with Crippen LogP contribution in [0.1, 0.15) is 57.9 Å². The molecule has 1 aliphatic carbocycles. The molecule has 1 atom stereocenters. The molecule has 0 aromatic heterocycles. The maximum absolute atomic E-state index is 2.40. The zero-order valence-electron chi connectivity index (χ0n) is 32.4. The lowest BCUT2D eigenvalue weighted by molar-refractivity contribution is 0.669. The number of nitrogens with zero attached hydrogens (tertiary/aromatic N) is 2. The highest BCUT2D eigenvalue weighted by Gasteiger charge is 2.21. The van der Waals surface area contributed by atoms with Gasteiger partial charge in [-0.2, -0.15) is 0 Å². The van der Waals surface area contributed by atoms with Crippen molar-refractivity contribution in [1.82, 2.24) is 0 Å². The highest BCUT2D eigenvalue weighted by Crippen LogP contribution is 2.38. The van der Waals surface area contributed by atoms with E-state index in [1.54, 1.807) is 0 Å². The Morgan fingerprint density at radius 2 is 0.833 bits per heavy atom. The van der Waals surface area contributed by atoms with E-state index in [4.69, 9.17) is 0 Å². The molecule has 0 amide bonds. The molecule has 0 spiro atoms. The SMILES string of the molecule is Cc1ccc(N(C2=CC=C(C=Cc3ccc(C=Cc4ccc(N(c5ccc(C)cc5)c5ccc(C)cc5)cc4C)cc3)C(C)C2)c2ccc(C)cc2)cc1. The van der Waals surface area contributed by atoms with Crippen molar-refractivity contribution >= 4 is 46.7 Å². The van der Waals surface area contributed by atoms with Crippen molar-refractivity contribution in [3.05, 3.63) is 214 Å². The van der Waals surface area contributed by atoms with E-state index < -0.39 is 0 Å². The van der Waals surface area contributed by atoms with E-state index in [0.29, 0.717) is 5.92 Å². The summed E-state index contributed by atoms with van der Waals surface area (Å²) >= 11 is 0. The lowest BCUT2D eigenvalue weighted by atomic mass is 9.89. The molecule has 2 heteroatoms. The standard InChI is InChI=1S/C52H50N2/c1-37-7-25-47(26-8-37)53(48-27-9-38(2)10-28-48)51-33-23-45(41(5)35-51)21-19-43-15-17-44(18-16-43)20-22-46-24-34-52(36-42(46)6)54(49-29-11-39(3)12-30-49)50-31-13-40(4)14-32-50/h7-35,42H,36H2,1-6H3. The van der Waals surface area contributed by atoms with Gasteiger partial charge in [0.05, 0.1) is 0 Å². The van der Waals surface area contributed by atoms with Gasteiger partial charge in [0.2, 0.25) is 0 Å². The largest absolute Gasteiger partial charge is 0.314 e. The second-order valence-electron chi connectivity index (χ2n) is 14.8. The average molecular weight is 703 g/mol. The summed E-state index contributed by atoms with van der Waals surface area (Å²) in [5.41, 5.74) is 18.4. The van der Waals surface area contributed by atoms with Crippen molar-refractivity contribution in [3.8, 4) is 0 Å². The lowest BCUT2D eigenvalue weighted by Crippen LogP contribution is -2.20. The molecule has 268 valence electrons. The molecular formula is C52H50N2. The van der Waals surface area contributed by atoms with E-state index in [9.17, 15) is 0 Å². The van der Waals surface area contributed by atoms with Crippen molar-refractivity contribution in [3.63, 3.8) is 0 Å². The van der Waals surface area contributed by atoms with Crippen LogP contribution < -0.4 is 9.80 Å². The number of rotatable bonds is 10. The van der Waals surface area contributed by atoms with Crippen LogP contribution >= 0.6 is 0 Å². The molecule has 0 N–H and O–H groups in total. The van der Waals surface area contributed by atoms with Crippen molar-refractivity contribution in [2.24, 2.45) is 5.92 Å².